The summed E-state index contributed by atoms with van der Waals surface area (Å²) in [7, 11) is 1.33. The van der Waals surface area contributed by atoms with Gasteiger partial charge in [0.05, 0.1) is 24.8 Å². The number of benzene rings is 2. The van der Waals surface area contributed by atoms with Crippen LogP contribution in [0, 0.1) is 5.41 Å². The fraction of sp³-hybridized carbons (Fsp3) is 0.500. The number of furan rings is 1. The molecule has 0 atom stereocenters. The molecule has 0 unspecified atom stereocenters. The van der Waals surface area contributed by atoms with Crippen LogP contribution in [0.25, 0.3) is 11.0 Å². The van der Waals surface area contributed by atoms with Crippen LogP contribution in [0.15, 0.2) is 46.9 Å². The van der Waals surface area contributed by atoms with E-state index in [4.69, 9.17) is 18.6 Å². The summed E-state index contributed by atoms with van der Waals surface area (Å²) < 4.78 is 22.5. The Labute approximate surface area is 249 Å². The highest BCUT2D eigenvalue weighted by Crippen LogP contribution is 2.31. The molecule has 1 amide bonds. The van der Waals surface area contributed by atoms with E-state index in [-0.39, 0.29) is 17.3 Å². The fourth-order valence-electron chi connectivity index (χ4n) is 4.58. The fourth-order valence-corrected chi connectivity index (χ4v) is 4.58. The number of aryl methyl sites for hydroxylation is 1. The Morgan fingerprint density at radius 1 is 0.905 bits per heavy atom. The molecule has 3 rings (SSSR count). The van der Waals surface area contributed by atoms with Gasteiger partial charge in [0.25, 0.3) is 0 Å². The maximum atomic E-state index is 13.7. The molecule has 0 N–H and O–H groups in total. The molecule has 0 bridgehead atoms. The van der Waals surface area contributed by atoms with E-state index in [0.717, 1.165) is 12.8 Å². The molecule has 8 heteroatoms. The van der Waals surface area contributed by atoms with Gasteiger partial charge in [-0.3, -0.25) is 4.79 Å². The normalized spacial score (nSPS) is 11.8. The average Bonchev–Trinajstić information content (AvgIpc) is 3.28. The zero-order valence-electron chi connectivity index (χ0n) is 26.3. The van der Waals surface area contributed by atoms with Crippen molar-refractivity contribution in [3.8, 4) is 5.75 Å². The second-order valence-corrected chi connectivity index (χ2v) is 12.7. The Morgan fingerprint density at radius 2 is 1.57 bits per heavy atom. The summed E-state index contributed by atoms with van der Waals surface area (Å²) in [6.45, 7) is 15.4. The summed E-state index contributed by atoms with van der Waals surface area (Å²) in [6, 6.07) is 12.0. The monoisotopic (exact) mass is 579 g/mol. The average molecular weight is 580 g/mol. The number of esters is 1. The summed E-state index contributed by atoms with van der Waals surface area (Å²) in [4.78, 5) is 40.3. The SMILES string of the molecule is CCCCc1oc2ccc(C(=O)OC)cc2c1C(=O)c1ccc(OCCCN(CC(C)(C)C)C(=O)OC(C)(C)C)cc1. The molecule has 1 heterocycles. The van der Waals surface area contributed by atoms with E-state index in [2.05, 4.69) is 27.7 Å². The summed E-state index contributed by atoms with van der Waals surface area (Å²) in [5.74, 6) is 0.593. The highest BCUT2D eigenvalue weighted by atomic mass is 16.6. The molecule has 0 fully saturated rings. The molecule has 0 aliphatic carbocycles. The van der Waals surface area contributed by atoms with Crippen LogP contribution in [0.5, 0.6) is 5.75 Å². The maximum Gasteiger partial charge on any atom is 0.410 e. The highest BCUT2D eigenvalue weighted by Gasteiger charge is 2.26. The summed E-state index contributed by atoms with van der Waals surface area (Å²) >= 11 is 0. The lowest BCUT2D eigenvalue weighted by atomic mass is 9.96. The molecular weight excluding hydrogens is 534 g/mol. The number of fused-ring (bicyclic) bond motifs is 1. The Balaban J connectivity index is 1.71. The van der Waals surface area contributed by atoms with Crippen molar-refractivity contribution < 1.29 is 33.0 Å². The Kier molecular flexibility index (Phi) is 10.8. The van der Waals surface area contributed by atoms with Crippen molar-refractivity contribution in [2.45, 2.75) is 79.8 Å². The van der Waals surface area contributed by atoms with Gasteiger partial charge in [0, 0.05) is 30.5 Å². The van der Waals surface area contributed by atoms with Gasteiger partial charge < -0.3 is 23.5 Å². The molecule has 0 saturated heterocycles. The number of amides is 1. The van der Waals surface area contributed by atoms with E-state index < -0.39 is 11.6 Å². The van der Waals surface area contributed by atoms with Gasteiger partial charge >= 0.3 is 12.1 Å². The molecule has 0 spiro atoms. The van der Waals surface area contributed by atoms with Gasteiger partial charge in [0.15, 0.2) is 5.78 Å². The summed E-state index contributed by atoms with van der Waals surface area (Å²) in [6.07, 6.45) is 2.74. The van der Waals surface area contributed by atoms with Gasteiger partial charge in [-0.15, -0.1) is 0 Å². The van der Waals surface area contributed by atoms with Crippen LogP contribution in [-0.4, -0.2) is 55.2 Å². The quantitative estimate of drug-likeness (QED) is 0.122. The van der Waals surface area contributed by atoms with Crippen LogP contribution < -0.4 is 4.74 Å². The summed E-state index contributed by atoms with van der Waals surface area (Å²) in [5.41, 5.74) is 1.25. The predicted molar refractivity (Wildman–Crippen MR) is 163 cm³/mol. The first-order valence-corrected chi connectivity index (χ1v) is 14.6. The van der Waals surface area contributed by atoms with E-state index in [1.807, 2.05) is 20.8 Å². The number of ketones is 1. The van der Waals surface area contributed by atoms with Gasteiger partial charge in [0.1, 0.15) is 22.7 Å². The van der Waals surface area contributed by atoms with Gasteiger partial charge in [-0.05, 0) is 81.5 Å². The molecule has 0 aliphatic rings. The smallest absolute Gasteiger partial charge is 0.410 e. The van der Waals surface area contributed by atoms with Crippen molar-refractivity contribution in [2.24, 2.45) is 5.41 Å². The summed E-state index contributed by atoms with van der Waals surface area (Å²) in [5, 5.41) is 0.596. The first kappa shape index (κ1) is 32.7. The molecule has 0 radical (unpaired) electrons. The number of methoxy groups -OCH3 is 1. The number of hydrogen-bond donors (Lipinski definition) is 0. The number of ether oxygens (including phenoxy) is 3. The van der Waals surface area contributed by atoms with Gasteiger partial charge in [-0.1, -0.05) is 34.1 Å². The zero-order chi connectivity index (χ0) is 31.1. The van der Waals surface area contributed by atoms with Crippen LogP contribution in [0.4, 0.5) is 4.79 Å². The Hall–Kier alpha value is -3.81. The number of rotatable bonds is 12. The number of carbonyl (C=O) groups is 3. The van der Waals surface area contributed by atoms with Gasteiger partial charge in [-0.2, -0.15) is 0 Å². The number of hydrogen-bond acceptors (Lipinski definition) is 7. The standard InChI is InChI=1S/C34H45NO7/c1-9-10-12-28-29(26-21-24(31(37)39-8)15-18-27(26)41-28)30(36)23-13-16-25(17-14-23)40-20-11-19-35(22-33(2,3)4)32(38)42-34(5,6)7/h13-18,21H,9-12,19-20,22H2,1-8H3. The third kappa shape index (κ3) is 9.10. The minimum Gasteiger partial charge on any atom is -0.494 e. The molecule has 3 aromatic rings. The minimum absolute atomic E-state index is 0.0717. The lowest BCUT2D eigenvalue weighted by molar-refractivity contribution is 0.0179. The van der Waals surface area contributed by atoms with Crippen LogP contribution in [0.1, 0.15) is 99.8 Å². The van der Waals surface area contributed by atoms with Crippen molar-refractivity contribution in [3.63, 3.8) is 0 Å². The van der Waals surface area contributed by atoms with E-state index in [0.29, 0.717) is 71.7 Å². The van der Waals surface area contributed by atoms with Crippen LogP contribution in [0.3, 0.4) is 0 Å². The van der Waals surface area contributed by atoms with Gasteiger partial charge in [0.2, 0.25) is 0 Å². The van der Waals surface area contributed by atoms with Gasteiger partial charge in [-0.25, -0.2) is 9.59 Å². The second kappa shape index (κ2) is 13.9. The topological polar surface area (TPSA) is 95.3 Å². The van der Waals surface area contributed by atoms with E-state index in [1.165, 1.54) is 7.11 Å². The highest BCUT2D eigenvalue weighted by molar-refractivity contribution is 6.17. The molecule has 0 aliphatic heterocycles. The second-order valence-electron chi connectivity index (χ2n) is 12.7. The molecule has 0 saturated carbocycles. The largest absolute Gasteiger partial charge is 0.494 e. The first-order chi connectivity index (χ1) is 19.7. The third-order valence-electron chi connectivity index (χ3n) is 6.44. The molecule has 42 heavy (non-hydrogen) atoms. The van der Waals surface area contributed by atoms with E-state index in [1.54, 1.807) is 47.4 Å². The van der Waals surface area contributed by atoms with Crippen molar-refractivity contribution in [3.05, 3.63) is 64.9 Å². The molecular formula is C34H45NO7. The van der Waals surface area contributed by atoms with Crippen molar-refractivity contribution in [2.75, 3.05) is 26.8 Å². The van der Waals surface area contributed by atoms with Crippen LogP contribution in [-0.2, 0) is 15.9 Å². The molecule has 1 aromatic heterocycles. The number of carbonyl (C=O) groups excluding carboxylic acids is 3. The third-order valence-corrected chi connectivity index (χ3v) is 6.44. The van der Waals surface area contributed by atoms with Crippen LogP contribution in [0.2, 0.25) is 0 Å². The number of unbranched alkanes of at least 4 members (excludes halogenated alkanes) is 1. The van der Waals surface area contributed by atoms with Crippen LogP contribution >= 0.6 is 0 Å². The van der Waals surface area contributed by atoms with E-state index in [9.17, 15) is 14.4 Å². The van der Waals surface area contributed by atoms with Crippen molar-refractivity contribution >= 4 is 28.8 Å². The zero-order valence-corrected chi connectivity index (χ0v) is 26.3. The van der Waals surface area contributed by atoms with Crippen molar-refractivity contribution in [1.29, 1.82) is 0 Å². The lowest BCUT2D eigenvalue weighted by Crippen LogP contribution is -2.42. The lowest BCUT2D eigenvalue weighted by Gasteiger charge is -2.32. The first-order valence-electron chi connectivity index (χ1n) is 14.6. The van der Waals surface area contributed by atoms with Crippen molar-refractivity contribution in [1.82, 2.24) is 4.90 Å². The molecule has 2 aromatic carbocycles. The maximum absolute atomic E-state index is 13.7. The predicted octanol–water partition coefficient (Wildman–Crippen LogP) is 7.85. The van der Waals surface area contributed by atoms with E-state index >= 15 is 0 Å². The molecule has 8 nitrogen and oxygen atoms in total. The molecule has 228 valence electrons. The number of nitrogens with zero attached hydrogens (tertiary/aromatic N) is 1. The minimum atomic E-state index is -0.563. The Bertz CT molecular complexity index is 1370. The Morgan fingerprint density at radius 3 is 2.17 bits per heavy atom.